The lowest BCUT2D eigenvalue weighted by Gasteiger charge is -2.13. The van der Waals surface area contributed by atoms with Crippen molar-refractivity contribution < 1.29 is 4.74 Å². The molecule has 0 fully saturated rings. The van der Waals surface area contributed by atoms with Crippen molar-refractivity contribution in [1.29, 1.82) is 0 Å². The zero-order valence-electron chi connectivity index (χ0n) is 10.8. The van der Waals surface area contributed by atoms with E-state index in [0.717, 1.165) is 5.69 Å². The van der Waals surface area contributed by atoms with Gasteiger partial charge in [0.05, 0.1) is 17.5 Å². The second kappa shape index (κ2) is 4.70. The van der Waals surface area contributed by atoms with Gasteiger partial charge in [-0.15, -0.1) is 0 Å². The highest BCUT2D eigenvalue weighted by Crippen LogP contribution is 2.21. The fourth-order valence-electron chi connectivity index (χ4n) is 2.10. The van der Waals surface area contributed by atoms with Crippen LogP contribution in [0.25, 0.3) is 5.69 Å². The Morgan fingerprint density at radius 2 is 1.89 bits per heavy atom. The zero-order chi connectivity index (χ0) is 13.3. The Morgan fingerprint density at radius 1 is 1.28 bits per heavy atom. The summed E-state index contributed by atoms with van der Waals surface area (Å²) in [6, 6.07) is 9.39. The molecule has 0 saturated heterocycles. The monoisotopic (exact) mass is 247 g/mol. The molecule has 18 heavy (non-hydrogen) atoms. The number of rotatable bonds is 3. The van der Waals surface area contributed by atoms with Crippen LogP contribution in [0, 0.1) is 0 Å². The SMILES string of the molecule is COC(C)c1c(N)c(=O)n(-c2ccccc2)n1C. The molecule has 2 rings (SSSR count). The second-order valence-electron chi connectivity index (χ2n) is 4.15. The smallest absolute Gasteiger partial charge is 0.294 e. The number of ether oxygens (including phenoxy) is 1. The van der Waals surface area contributed by atoms with Crippen molar-refractivity contribution in [2.45, 2.75) is 13.0 Å². The molecule has 0 radical (unpaired) electrons. The number of hydrogen-bond donors (Lipinski definition) is 1. The average Bonchev–Trinajstić information content (AvgIpc) is 2.61. The van der Waals surface area contributed by atoms with Gasteiger partial charge in [0, 0.05) is 14.2 Å². The first-order valence-corrected chi connectivity index (χ1v) is 5.73. The summed E-state index contributed by atoms with van der Waals surface area (Å²) in [4.78, 5) is 12.2. The minimum atomic E-state index is -0.229. The number of nitrogens with zero attached hydrogens (tertiary/aromatic N) is 2. The topological polar surface area (TPSA) is 62.2 Å². The van der Waals surface area contributed by atoms with Crippen molar-refractivity contribution >= 4 is 5.69 Å². The summed E-state index contributed by atoms with van der Waals surface area (Å²) >= 11 is 0. The van der Waals surface area contributed by atoms with E-state index in [1.54, 1.807) is 23.5 Å². The van der Waals surface area contributed by atoms with Crippen LogP contribution in [0.2, 0.25) is 0 Å². The molecule has 0 saturated carbocycles. The number of aromatic nitrogens is 2. The average molecular weight is 247 g/mol. The van der Waals surface area contributed by atoms with Crippen LogP contribution >= 0.6 is 0 Å². The molecule has 96 valence electrons. The van der Waals surface area contributed by atoms with E-state index in [4.69, 9.17) is 10.5 Å². The summed E-state index contributed by atoms with van der Waals surface area (Å²) in [6.45, 7) is 1.86. The Hall–Kier alpha value is -2.01. The van der Waals surface area contributed by atoms with E-state index in [1.807, 2.05) is 37.3 Å². The molecule has 1 unspecified atom stereocenters. The van der Waals surface area contributed by atoms with Gasteiger partial charge < -0.3 is 10.5 Å². The number of hydrogen-bond acceptors (Lipinski definition) is 3. The minimum Gasteiger partial charge on any atom is -0.393 e. The maximum atomic E-state index is 12.2. The first-order valence-electron chi connectivity index (χ1n) is 5.73. The van der Waals surface area contributed by atoms with E-state index in [-0.39, 0.29) is 17.4 Å². The van der Waals surface area contributed by atoms with Crippen LogP contribution in [0.15, 0.2) is 35.1 Å². The summed E-state index contributed by atoms with van der Waals surface area (Å²) in [5, 5.41) is 0. The first kappa shape index (κ1) is 12.4. The molecule has 1 aromatic heterocycles. The summed E-state index contributed by atoms with van der Waals surface area (Å²) in [5.74, 6) is 0. The molecule has 2 N–H and O–H groups in total. The van der Waals surface area contributed by atoms with Crippen LogP contribution in [0.4, 0.5) is 5.69 Å². The second-order valence-corrected chi connectivity index (χ2v) is 4.15. The molecule has 2 aromatic rings. The van der Waals surface area contributed by atoms with Gasteiger partial charge in [0.15, 0.2) is 0 Å². The van der Waals surface area contributed by atoms with E-state index >= 15 is 0 Å². The molecule has 0 amide bonds. The third-order valence-electron chi connectivity index (χ3n) is 3.09. The highest BCUT2D eigenvalue weighted by atomic mass is 16.5. The summed E-state index contributed by atoms with van der Waals surface area (Å²) in [6.07, 6.45) is -0.229. The van der Waals surface area contributed by atoms with Crippen molar-refractivity contribution in [3.63, 3.8) is 0 Å². The van der Waals surface area contributed by atoms with Gasteiger partial charge in [-0.2, -0.15) is 0 Å². The number of para-hydroxylation sites is 1. The van der Waals surface area contributed by atoms with Gasteiger partial charge in [0.25, 0.3) is 5.56 Å². The first-order chi connectivity index (χ1) is 8.57. The Balaban J connectivity index is 2.68. The Morgan fingerprint density at radius 3 is 2.44 bits per heavy atom. The largest absolute Gasteiger partial charge is 0.393 e. The minimum absolute atomic E-state index is 0.220. The summed E-state index contributed by atoms with van der Waals surface area (Å²) in [7, 11) is 3.39. The number of methoxy groups -OCH3 is 1. The van der Waals surface area contributed by atoms with Crippen molar-refractivity contribution in [3.8, 4) is 5.69 Å². The zero-order valence-corrected chi connectivity index (χ0v) is 10.8. The lowest BCUT2D eigenvalue weighted by Crippen LogP contribution is -2.20. The Kier molecular flexibility index (Phi) is 3.25. The highest BCUT2D eigenvalue weighted by Gasteiger charge is 2.20. The quantitative estimate of drug-likeness (QED) is 0.893. The lowest BCUT2D eigenvalue weighted by atomic mass is 10.2. The van der Waals surface area contributed by atoms with Crippen LogP contribution in [0.5, 0.6) is 0 Å². The number of anilines is 1. The molecule has 5 heteroatoms. The number of nitrogens with two attached hydrogens (primary N) is 1. The van der Waals surface area contributed by atoms with Gasteiger partial charge in [0.2, 0.25) is 0 Å². The van der Waals surface area contributed by atoms with Gasteiger partial charge in [-0.05, 0) is 19.1 Å². The van der Waals surface area contributed by atoms with Gasteiger partial charge in [-0.1, -0.05) is 18.2 Å². The predicted octanol–water partition coefficient (Wildman–Crippen LogP) is 1.47. The fraction of sp³-hybridized carbons (Fsp3) is 0.308. The fourth-order valence-corrected chi connectivity index (χ4v) is 2.10. The van der Waals surface area contributed by atoms with Crippen LogP contribution in [0.3, 0.4) is 0 Å². The van der Waals surface area contributed by atoms with Gasteiger partial charge in [0.1, 0.15) is 5.69 Å². The maximum absolute atomic E-state index is 12.2. The van der Waals surface area contributed by atoms with Crippen LogP contribution in [-0.4, -0.2) is 16.5 Å². The molecule has 0 bridgehead atoms. The van der Waals surface area contributed by atoms with Crippen molar-refractivity contribution in [2.24, 2.45) is 7.05 Å². The predicted molar refractivity (Wildman–Crippen MR) is 70.8 cm³/mol. The molecule has 1 aromatic carbocycles. The van der Waals surface area contributed by atoms with Gasteiger partial charge >= 0.3 is 0 Å². The molecule has 5 nitrogen and oxygen atoms in total. The third-order valence-corrected chi connectivity index (χ3v) is 3.09. The third kappa shape index (κ3) is 1.82. The Labute approximate surface area is 105 Å². The van der Waals surface area contributed by atoms with E-state index < -0.39 is 0 Å². The number of benzene rings is 1. The summed E-state index contributed by atoms with van der Waals surface area (Å²) < 4.78 is 8.53. The van der Waals surface area contributed by atoms with Crippen molar-refractivity contribution in [2.75, 3.05) is 12.8 Å². The van der Waals surface area contributed by atoms with E-state index in [2.05, 4.69) is 0 Å². The van der Waals surface area contributed by atoms with Crippen molar-refractivity contribution in [3.05, 3.63) is 46.4 Å². The molecular weight excluding hydrogens is 230 g/mol. The van der Waals surface area contributed by atoms with Crippen molar-refractivity contribution in [1.82, 2.24) is 9.36 Å². The standard InChI is InChI=1S/C13H17N3O2/c1-9(18-3)12-11(14)13(17)16(15(12)2)10-7-5-4-6-8-10/h4-9H,14H2,1-3H3. The van der Waals surface area contributed by atoms with Crippen LogP contribution in [0.1, 0.15) is 18.7 Å². The molecular formula is C13H17N3O2. The molecule has 1 atom stereocenters. The maximum Gasteiger partial charge on any atom is 0.294 e. The van der Waals surface area contributed by atoms with Crippen LogP contribution < -0.4 is 11.3 Å². The van der Waals surface area contributed by atoms with E-state index in [1.165, 1.54) is 0 Å². The Bertz CT molecular complexity index is 599. The molecule has 0 spiro atoms. The van der Waals surface area contributed by atoms with E-state index in [0.29, 0.717) is 5.69 Å². The molecule has 1 heterocycles. The molecule has 0 aliphatic carbocycles. The van der Waals surface area contributed by atoms with Gasteiger partial charge in [-0.3, -0.25) is 9.48 Å². The molecule has 0 aliphatic heterocycles. The normalized spacial score (nSPS) is 12.6. The molecule has 0 aliphatic rings. The van der Waals surface area contributed by atoms with Gasteiger partial charge in [-0.25, -0.2) is 4.68 Å². The summed E-state index contributed by atoms with van der Waals surface area (Å²) in [5.41, 5.74) is 7.37. The van der Waals surface area contributed by atoms with E-state index in [9.17, 15) is 4.79 Å². The lowest BCUT2D eigenvalue weighted by molar-refractivity contribution is 0.112. The highest BCUT2D eigenvalue weighted by molar-refractivity contribution is 5.46. The van der Waals surface area contributed by atoms with Crippen LogP contribution in [-0.2, 0) is 11.8 Å². The number of nitrogen functional groups attached to an aromatic ring is 1.